The van der Waals surface area contributed by atoms with E-state index in [2.05, 4.69) is 11.4 Å². The maximum Gasteiger partial charge on any atom is 0.266 e. The van der Waals surface area contributed by atoms with Crippen LogP contribution in [0, 0.1) is 11.3 Å². The number of carbonyl (C=O) groups excluding carboxylic acids is 2. The Morgan fingerprint density at radius 2 is 1.82 bits per heavy atom. The van der Waals surface area contributed by atoms with Crippen molar-refractivity contribution >= 4 is 23.1 Å². The minimum Gasteiger partial charge on any atom is -0.312 e. The lowest BCUT2D eigenvalue weighted by molar-refractivity contribution is -0.121. The van der Waals surface area contributed by atoms with E-state index in [-0.39, 0.29) is 18.2 Å². The molecule has 3 aromatic rings. The predicted molar refractivity (Wildman–Crippen MR) is 128 cm³/mol. The summed E-state index contributed by atoms with van der Waals surface area (Å²) in [6.45, 7) is 0.0318. The van der Waals surface area contributed by atoms with E-state index in [0.29, 0.717) is 24.1 Å². The number of benzodiazepines with no additional fused rings is 1. The summed E-state index contributed by atoms with van der Waals surface area (Å²) < 4.78 is 0. The van der Waals surface area contributed by atoms with Gasteiger partial charge in [0.25, 0.3) is 5.91 Å². The smallest absolute Gasteiger partial charge is 0.266 e. The summed E-state index contributed by atoms with van der Waals surface area (Å²) in [4.78, 5) is 32.1. The summed E-state index contributed by atoms with van der Waals surface area (Å²) in [7, 11) is 1.73. The summed E-state index contributed by atoms with van der Waals surface area (Å²) in [5.74, 6) is -0.242. The third kappa shape index (κ3) is 5.05. The minimum atomic E-state index is -0.872. The molecule has 33 heavy (non-hydrogen) atoms. The fourth-order valence-corrected chi connectivity index (χ4v) is 3.86. The lowest BCUT2D eigenvalue weighted by Gasteiger charge is -2.20. The number of nitrogens with zero attached hydrogens (tertiary/aromatic N) is 3. The summed E-state index contributed by atoms with van der Waals surface area (Å²) in [6.07, 6.45) is -0.0180. The van der Waals surface area contributed by atoms with Crippen LogP contribution in [0.1, 0.15) is 28.7 Å². The molecule has 0 saturated heterocycles. The van der Waals surface area contributed by atoms with Crippen LogP contribution in [-0.4, -0.2) is 37.2 Å². The quantitative estimate of drug-likeness (QED) is 0.614. The van der Waals surface area contributed by atoms with E-state index >= 15 is 0 Å². The van der Waals surface area contributed by atoms with Crippen molar-refractivity contribution in [3.8, 4) is 6.07 Å². The molecule has 1 N–H and O–H groups in total. The van der Waals surface area contributed by atoms with E-state index < -0.39 is 6.17 Å². The lowest BCUT2D eigenvalue weighted by atomic mass is 10.0. The van der Waals surface area contributed by atoms with E-state index in [1.165, 1.54) is 0 Å². The monoisotopic (exact) mass is 436 g/mol. The molecular weight excluding hydrogens is 412 g/mol. The highest BCUT2D eigenvalue weighted by atomic mass is 16.2. The van der Waals surface area contributed by atoms with Gasteiger partial charge in [-0.3, -0.25) is 19.9 Å². The molecule has 0 radical (unpaired) electrons. The highest BCUT2D eigenvalue weighted by molar-refractivity contribution is 6.20. The van der Waals surface area contributed by atoms with Crippen molar-refractivity contribution in [1.82, 2.24) is 5.32 Å². The highest BCUT2D eigenvalue weighted by Crippen LogP contribution is 2.27. The molecule has 1 aliphatic rings. The number of amides is 1. The maximum absolute atomic E-state index is 13.2. The molecule has 3 aromatic carbocycles. The maximum atomic E-state index is 13.2. The first-order valence-electron chi connectivity index (χ1n) is 10.8. The van der Waals surface area contributed by atoms with Crippen LogP contribution < -0.4 is 10.2 Å². The van der Waals surface area contributed by atoms with Crippen molar-refractivity contribution in [3.05, 3.63) is 101 Å². The molecule has 0 saturated carbocycles. The molecule has 0 spiro atoms. The molecule has 0 fully saturated rings. The third-order valence-electron chi connectivity index (χ3n) is 5.63. The fraction of sp³-hybridized carbons (Fsp3) is 0.185. The number of Topliss-reactive ketones (excluding diaryl/α,β-unsaturated/α-hetero) is 1. The van der Waals surface area contributed by atoms with Crippen molar-refractivity contribution < 1.29 is 9.59 Å². The summed E-state index contributed by atoms with van der Waals surface area (Å²) >= 11 is 0. The van der Waals surface area contributed by atoms with Crippen LogP contribution in [0.4, 0.5) is 5.69 Å². The Hall–Kier alpha value is -4.08. The number of hydrogen-bond acceptors (Lipinski definition) is 5. The van der Waals surface area contributed by atoms with Crippen molar-refractivity contribution in [3.63, 3.8) is 0 Å². The van der Waals surface area contributed by atoms with E-state index in [4.69, 9.17) is 10.3 Å². The zero-order chi connectivity index (χ0) is 23.2. The van der Waals surface area contributed by atoms with Crippen LogP contribution >= 0.6 is 0 Å². The Morgan fingerprint density at radius 3 is 2.61 bits per heavy atom. The molecule has 164 valence electrons. The van der Waals surface area contributed by atoms with Gasteiger partial charge >= 0.3 is 0 Å². The molecule has 6 nitrogen and oxygen atoms in total. The number of aryl methyl sites for hydroxylation is 1. The number of fused-ring (bicyclic) bond motifs is 1. The fourth-order valence-electron chi connectivity index (χ4n) is 3.86. The number of benzene rings is 3. The second kappa shape index (κ2) is 10.0. The first-order valence-corrected chi connectivity index (χ1v) is 10.8. The summed E-state index contributed by atoms with van der Waals surface area (Å²) in [5.41, 5.74) is 4.77. The van der Waals surface area contributed by atoms with Gasteiger partial charge in [-0.1, -0.05) is 60.7 Å². The average Bonchev–Trinajstić information content (AvgIpc) is 2.97. The van der Waals surface area contributed by atoms with Gasteiger partial charge in [0.15, 0.2) is 6.17 Å². The molecule has 6 heteroatoms. The number of nitrogens with one attached hydrogen (secondary N) is 1. The topological polar surface area (TPSA) is 85.6 Å². The molecular formula is C27H24N4O2. The number of para-hydroxylation sites is 1. The van der Waals surface area contributed by atoms with E-state index in [1.807, 2.05) is 66.7 Å². The Labute approximate surface area is 193 Å². The van der Waals surface area contributed by atoms with Crippen LogP contribution in [0.3, 0.4) is 0 Å². The van der Waals surface area contributed by atoms with Crippen LogP contribution in [0.2, 0.25) is 0 Å². The van der Waals surface area contributed by atoms with Gasteiger partial charge in [-0.25, -0.2) is 0 Å². The number of carbonyl (C=O) groups is 2. The Bertz CT molecular complexity index is 1240. The number of ketones is 1. The van der Waals surface area contributed by atoms with E-state index in [1.54, 1.807) is 24.1 Å². The second-order valence-corrected chi connectivity index (χ2v) is 7.89. The van der Waals surface area contributed by atoms with Crippen molar-refractivity contribution in [1.29, 1.82) is 5.26 Å². The van der Waals surface area contributed by atoms with Gasteiger partial charge in [0.1, 0.15) is 5.78 Å². The molecule has 0 aliphatic carbocycles. The standard InChI is InChI=1S/C27H24N4O2/c1-31-24-13-6-5-12-23(24)25(21-10-3-2-4-11-21)30-26(27(31)33)29-18-22(32)15-14-19-8-7-9-20(16-19)17-28/h2-13,16,26,29H,14-15,18H2,1H3. The van der Waals surface area contributed by atoms with Gasteiger partial charge in [-0.05, 0) is 30.2 Å². The van der Waals surface area contributed by atoms with Crippen LogP contribution in [-0.2, 0) is 16.0 Å². The molecule has 0 aromatic heterocycles. The molecule has 0 bridgehead atoms. The summed E-state index contributed by atoms with van der Waals surface area (Å²) in [6, 6.07) is 26.7. The molecule has 1 atom stereocenters. The molecule has 1 heterocycles. The van der Waals surface area contributed by atoms with Gasteiger partial charge in [0, 0.05) is 24.6 Å². The highest BCUT2D eigenvalue weighted by Gasteiger charge is 2.29. The normalized spacial score (nSPS) is 15.3. The Balaban J connectivity index is 1.51. The van der Waals surface area contributed by atoms with Crippen LogP contribution in [0.5, 0.6) is 0 Å². The molecule has 1 amide bonds. The molecule has 4 rings (SSSR count). The number of likely N-dealkylation sites (N-methyl/N-ethyl adjacent to an activating group) is 1. The van der Waals surface area contributed by atoms with Crippen LogP contribution in [0.15, 0.2) is 83.9 Å². The number of hydrogen-bond donors (Lipinski definition) is 1. The minimum absolute atomic E-state index is 0.0222. The third-order valence-corrected chi connectivity index (χ3v) is 5.63. The van der Waals surface area contributed by atoms with Crippen molar-refractivity contribution in [2.45, 2.75) is 19.0 Å². The number of nitriles is 1. The largest absolute Gasteiger partial charge is 0.312 e. The van der Waals surface area contributed by atoms with Gasteiger partial charge < -0.3 is 4.90 Å². The van der Waals surface area contributed by atoms with Crippen molar-refractivity contribution in [2.75, 3.05) is 18.5 Å². The average molecular weight is 437 g/mol. The summed E-state index contributed by atoms with van der Waals surface area (Å²) in [5, 5.41) is 12.1. The van der Waals surface area contributed by atoms with Gasteiger partial charge in [0.05, 0.1) is 29.6 Å². The molecule has 1 unspecified atom stereocenters. The first kappa shape index (κ1) is 22.1. The van der Waals surface area contributed by atoms with Crippen LogP contribution in [0.25, 0.3) is 0 Å². The van der Waals surface area contributed by atoms with Gasteiger partial charge in [-0.15, -0.1) is 0 Å². The van der Waals surface area contributed by atoms with Gasteiger partial charge in [-0.2, -0.15) is 5.26 Å². The van der Waals surface area contributed by atoms with E-state index in [0.717, 1.165) is 22.4 Å². The number of anilines is 1. The zero-order valence-electron chi connectivity index (χ0n) is 18.4. The lowest BCUT2D eigenvalue weighted by Crippen LogP contribution is -2.45. The Morgan fingerprint density at radius 1 is 1.06 bits per heavy atom. The number of aliphatic imine (C=N–C) groups is 1. The number of rotatable bonds is 7. The Kier molecular flexibility index (Phi) is 6.72. The second-order valence-electron chi connectivity index (χ2n) is 7.89. The van der Waals surface area contributed by atoms with E-state index in [9.17, 15) is 9.59 Å². The molecule has 1 aliphatic heterocycles. The first-order chi connectivity index (χ1) is 16.1. The SMILES string of the molecule is CN1C(=O)C(NCC(=O)CCc2cccc(C#N)c2)N=C(c2ccccc2)c2ccccc21. The van der Waals surface area contributed by atoms with Gasteiger partial charge in [0.2, 0.25) is 0 Å². The van der Waals surface area contributed by atoms with Crippen molar-refractivity contribution in [2.24, 2.45) is 4.99 Å². The zero-order valence-corrected chi connectivity index (χ0v) is 18.4. The predicted octanol–water partition coefficient (Wildman–Crippen LogP) is 3.49.